The van der Waals surface area contributed by atoms with Gasteiger partial charge in [0.15, 0.2) is 0 Å². The third-order valence-corrected chi connectivity index (χ3v) is 4.42. The normalized spacial score (nSPS) is 46.4. The molecule has 2 bridgehead atoms. The van der Waals surface area contributed by atoms with Crippen LogP contribution < -0.4 is 0 Å². The monoisotopic (exact) mass is 196 g/mol. The van der Waals surface area contributed by atoms with Crippen LogP contribution in [0.5, 0.6) is 0 Å². The average molecular weight is 196 g/mol. The van der Waals surface area contributed by atoms with Gasteiger partial charge in [-0.2, -0.15) is 0 Å². The number of hydrogen-bond acceptors (Lipinski definition) is 2. The lowest BCUT2D eigenvalue weighted by Crippen LogP contribution is -2.32. The van der Waals surface area contributed by atoms with Crippen molar-refractivity contribution in [3.63, 3.8) is 0 Å². The highest BCUT2D eigenvalue weighted by Crippen LogP contribution is 2.60. The molecule has 2 saturated carbocycles. The zero-order chi connectivity index (χ0) is 10.4. The van der Waals surface area contributed by atoms with Crippen LogP contribution in [-0.4, -0.2) is 13.1 Å². The summed E-state index contributed by atoms with van der Waals surface area (Å²) < 4.78 is 4.95. The van der Waals surface area contributed by atoms with Gasteiger partial charge < -0.3 is 4.74 Å². The molecule has 0 saturated heterocycles. The fraction of sp³-hybridized carbons (Fsp3) is 0.917. The fourth-order valence-corrected chi connectivity index (χ4v) is 3.78. The number of hydrogen-bond donors (Lipinski definition) is 0. The number of ether oxygens (including phenoxy) is 1. The van der Waals surface area contributed by atoms with E-state index in [0.29, 0.717) is 11.3 Å². The Labute approximate surface area is 86.0 Å². The minimum Gasteiger partial charge on any atom is -0.469 e. The average Bonchev–Trinajstić information content (AvgIpc) is 2.32. The van der Waals surface area contributed by atoms with Gasteiger partial charge >= 0.3 is 5.97 Å². The van der Waals surface area contributed by atoms with Crippen molar-refractivity contribution in [2.24, 2.45) is 16.7 Å². The molecule has 0 aromatic heterocycles. The largest absolute Gasteiger partial charge is 0.469 e. The number of rotatable bonds is 1. The van der Waals surface area contributed by atoms with Gasteiger partial charge in [0.25, 0.3) is 0 Å². The Balaban J connectivity index is 2.26. The van der Waals surface area contributed by atoms with Gasteiger partial charge in [0.2, 0.25) is 0 Å². The Morgan fingerprint density at radius 1 is 1.43 bits per heavy atom. The summed E-state index contributed by atoms with van der Waals surface area (Å²) in [7, 11) is 1.51. The van der Waals surface area contributed by atoms with Crippen LogP contribution >= 0.6 is 0 Å². The van der Waals surface area contributed by atoms with E-state index in [1.54, 1.807) is 0 Å². The lowest BCUT2D eigenvalue weighted by molar-refractivity contribution is -0.154. The van der Waals surface area contributed by atoms with E-state index in [2.05, 4.69) is 13.8 Å². The Kier molecular flexibility index (Phi) is 2.13. The van der Waals surface area contributed by atoms with Crippen LogP contribution in [0, 0.1) is 16.7 Å². The van der Waals surface area contributed by atoms with E-state index in [9.17, 15) is 4.79 Å². The Bertz CT molecular complexity index is 261. The van der Waals surface area contributed by atoms with Crippen LogP contribution in [0.2, 0.25) is 0 Å². The standard InChI is InChI=1S/C12H20O2/c1-11-6-4-5-9(7-11)12(2,8-11)10(13)14-3/h9H,4-8H2,1-3H3/t9-,11+,12+/m0/s1. The van der Waals surface area contributed by atoms with E-state index in [1.165, 1.54) is 32.8 Å². The molecule has 2 aliphatic rings. The summed E-state index contributed by atoms with van der Waals surface area (Å²) in [6, 6.07) is 0. The second-order valence-electron chi connectivity index (χ2n) is 5.69. The highest BCUT2D eigenvalue weighted by molar-refractivity contribution is 5.77. The third kappa shape index (κ3) is 1.27. The number of carbonyl (C=O) groups is 1. The lowest BCUT2D eigenvalue weighted by atomic mass is 9.76. The van der Waals surface area contributed by atoms with Gasteiger partial charge in [-0.25, -0.2) is 0 Å². The first kappa shape index (κ1) is 10.0. The van der Waals surface area contributed by atoms with Crippen molar-refractivity contribution in [1.82, 2.24) is 0 Å². The zero-order valence-corrected chi connectivity index (χ0v) is 9.43. The minimum absolute atomic E-state index is 0.00752. The first-order valence-corrected chi connectivity index (χ1v) is 5.59. The predicted octanol–water partition coefficient (Wildman–Crippen LogP) is 2.77. The van der Waals surface area contributed by atoms with Gasteiger partial charge in [-0.3, -0.25) is 4.79 Å². The Hall–Kier alpha value is -0.530. The lowest BCUT2D eigenvalue weighted by Gasteiger charge is -2.29. The Morgan fingerprint density at radius 3 is 2.71 bits per heavy atom. The summed E-state index contributed by atoms with van der Waals surface area (Å²) in [5.41, 5.74) is 0.214. The molecule has 0 aliphatic heterocycles. The van der Waals surface area contributed by atoms with E-state index < -0.39 is 0 Å². The fourth-order valence-electron chi connectivity index (χ4n) is 3.78. The maximum absolute atomic E-state index is 11.8. The number of fused-ring (bicyclic) bond motifs is 2. The van der Waals surface area contributed by atoms with Gasteiger partial charge in [0, 0.05) is 0 Å². The van der Waals surface area contributed by atoms with E-state index in [4.69, 9.17) is 4.74 Å². The van der Waals surface area contributed by atoms with Crippen LogP contribution in [0.15, 0.2) is 0 Å². The zero-order valence-electron chi connectivity index (χ0n) is 9.43. The molecule has 14 heavy (non-hydrogen) atoms. The molecule has 0 unspecified atom stereocenters. The topological polar surface area (TPSA) is 26.3 Å². The first-order chi connectivity index (χ1) is 6.50. The maximum Gasteiger partial charge on any atom is 0.311 e. The number of esters is 1. The molecule has 0 spiro atoms. The molecule has 2 nitrogen and oxygen atoms in total. The van der Waals surface area contributed by atoms with Crippen LogP contribution in [0.3, 0.4) is 0 Å². The quantitative estimate of drug-likeness (QED) is 0.603. The van der Waals surface area contributed by atoms with Gasteiger partial charge in [-0.05, 0) is 43.9 Å². The van der Waals surface area contributed by atoms with Crippen LogP contribution in [-0.2, 0) is 9.53 Å². The number of methoxy groups -OCH3 is 1. The molecule has 2 rings (SSSR count). The van der Waals surface area contributed by atoms with Gasteiger partial charge in [-0.1, -0.05) is 13.3 Å². The molecule has 2 aliphatic carbocycles. The smallest absolute Gasteiger partial charge is 0.311 e. The highest BCUT2D eigenvalue weighted by atomic mass is 16.5. The maximum atomic E-state index is 11.8. The van der Waals surface area contributed by atoms with Crippen LogP contribution in [0.4, 0.5) is 0 Å². The van der Waals surface area contributed by atoms with E-state index in [0.717, 1.165) is 6.42 Å². The highest BCUT2D eigenvalue weighted by Gasteiger charge is 2.55. The van der Waals surface area contributed by atoms with Crippen molar-refractivity contribution in [3.05, 3.63) is 0 Å². The van der Waals surface area contributed by atoms with Crippen LogP contribution in [0.1, 0.15) is 46.0 Å². The van der Waals surface area contributed by atoms with Crippen molar-refractivity contribution < 1.29 is 9.53 Å². The third-order valence-electron chi connectivity index (χ3n) is 4.42. The van der Waals surface area contributed by atoms with Crippen molar-refractivity contribution >= 4 is 5.97 Å². The summed E-state index contributed by atoms with van der Waals surface area (Å²) in [6.07, 6.45) is 6.03. The molecule has 0 aromatic carbocycles. The van der Waals surface area contributed by atoms with Gasteiger partial charge in [-0.15, -0.1) is 0 Å². The molecular weight excluding hydrogens is 176 g/mol. The van der Waals surface area contributed by atoms with Gasteiger partial charge in [0.05, 0.1) is 12.5 Å². The minimum atomic E-state index is -0.194. The second kappa shape index (κ2) is 2.98. The Morgan fingerprint density at radius 2 is 2.14 bits per heavy atom. The molecule has 2 fully saturated rings. The number of carbonyl (C=O) groups excluding carboxylic acids is 1. The van der Waals surface area contributed by atoms with E-state index >= 15 is 0 Å². The van der Waals surface area contributed by atoms with Crippen molar-refractivity contribution in [2.75, 3.05) is 7.11 Å². The SMILES string of the molecule is COC(=O)[C@]1(C)C[C@]2(C)CCC[C@H]1C2. The van der Waals surface area contributed by atoms with Crippen molar-refractivity contribution in [3.8, 4) is 0 Å². The van der Waals surface area contributed by atoms with E-state index in [1.807, 2.05) is 0 Å². The predicted molar refractivity (Wildman–Crippen MR) is 54.8 cm³/mol. The summed E-state index contributed by atoms with van der Waals surface area (Å²) in [6.45, 7) is 4.42. The summed E-state index contributed by atoms with van der Waals surface area (Å²) in [4.78, 5) is 11.8. The molecule has 0 N–H and O–H groups in total. The second-order valence-corrected chi connectivity index (χ2v) is 5.69. The summed E-state index contributed by atoms with van der Waals surface area (Å²) in [5, 5.41) is 0. The van der Waals surface area contributed by atoms with Gasteiger partial charge in [0.1, 0.15) is 0 Å². The molecule has 0 heterocycles. The van der Waals surface area contributed by atoms with E-state index in [-0.39, 0.29) is 11.4 Å². The van der Waals surface area contributed by atoms with Crippen molar-refractivity contribution in [1.29, 1.82) is 0 Å². The molecular formula is C12H20O2. The molecule has 0 amide bonds. The summed E-state index contributed by atoms with van der Waals surface area (Å²) >= 11 is 0. The van der Waals surface area contributed by atoms with Crippen LogP contribution in [0.25, 0.3) is 0 Å². The summed E-state index contributed by atoms with van der Waals surface area (Å²) in [5.74, 6) is 0.571. The molecule has 0 radical (unpaired) electrons. The molecule has 3 atom stereocenters. The first-order valence-electron chi connectivity index (χ1n) is 5.59. The van der Waals surface area contributed by atoms with Crippen molar-refractivity contribution in [2.45, 2.75) is 46.0 Å². The molecule has 2 heteroatoms. The molecule has 80 valence electrons. The molecule has 0 aromatic rings.